The molecule has 29 heavy (non-hydrogen) atoms. The van der Waals surface area contributed by atoms with Gasteiger partial charge in [0.15, 0.2) is 0 Å². The molecule has 0 spiro atoms. The van der Waals surface area contributed by atoms with Crippen LogP contribution in [0.5, 0.6) is 0 Å². The van der Waals surface area contributed by atoms with E-state index in [9.17, 15) is 4.79 Å². The van der Waals surface area contributed by atoms with Crippen molar-refractivity contribution in [2.24, 2.45) is 39.8 Å². The van der Waals surface area contributed by atoms with Crippen molar-refractivity contribution in [2.75, 3.05) is 0 Å². The zero-order chi connectivity index (χ0) is 20.1. The van der Waals surface area contributed by atoms with Gasteiger partial charge in [-0.3, -0.25) is 4.79 Å². The minimum Gasteiger partial charge on any atom is -0.328 e. The summed E-state index contributed by atoms with van der Waals surface area (Å²) in [6.45, 7) is 2.30. The van der Waals surface area contributed by atoms with Crippen molar-refractivity contribution in [3.63, 3.8) is 0 Å². The van der Waals surface area contributed by atoms with Gasteiger partial charge in [0, 0.05) is 12.3 Å². The molecule has 1 amide bonds. The quantitative estimate of drug-likeness (QED) is 0.694. The normalized spacial score (nSPS) is 43.3. The van der Waals surface area contributed by atoms with E-state index in [2.05, 4.69) is 42.2 Å². The van der Waals surface area contributed by atoms with Crippen molar-refractivity contribution in [3.05, 3.63) is 35.9 Å². The predicted octanol–water partition coefficient (Wildman–Crippen LogP) is 5.28. The Morgan fingerprint density at radius 2 is 1.90 bits per heavy atom. The van der Waals surface area contributed by atoms with Gasteiger partial charge in [-0.15, -0.1) is 0 Å². The lowest BCUT2D eigenvalue weighted by molar-refractivity contribution is -0.129. The van der Waals surface area contributed by atoms with Crippen LogP contribution in [0.2, 0.25) is 0 Å². The first-order valence-corrected chi connectivity index (χ1v) is 12.0. The molecule has 4 bridgehead atoms. The van der Waals surface area contributed by atoms with Crippen LogP contribution in [0.1, 0.15) is 76.7 Å². The van der Waals surface area contributed by atoms with Crippen LogP contribution in [0.3, 0.4) is 0 Å². The summed E-state index contributed by atoms with van der Waals surface area (Å²) in [4.78, 5) is 18.3. The first-order valence-electron chi connectivity index (χ1n) is 12.0. The first-order chi connectivity index (χ1) is 14.1. The van der Waals surface area contributed by atoms with Gasteiger partial charge in [-0.1, -0.05) is 50.1 Å². The molecule has 0 saturated heterocycles. The minimum atomic E-state index is -0.194. The fourth-order valence-corrected chi connectivity index (χ4v) is 7.85. The third-order valence-corrected chi connectivity index (χ3v) is 9.03. The Morgan fingerprint density at radius 3 is 2.62 bits per heavy atom. The van der Waals surface area contributed by atoms with Crippen molar-refractivity contribution in [1.29, 1.82) is 0 Å². The van der Waals surface area contributed by atoms with Crippen LogP contribution in [0.25, 0.3) is 0 Å². The second-order valence-electron chi connectivity index (χ2n) is 10.7. The van der Waals surface area contributed by atoms with Crippen molar-refractivity contribution in [1.82, 2.24) is 0 Å². The van der Waals surface area contributed by atoms with Gasteiger partial charge >= 0.3 is 0 Å². The summed E-state index contributed by atoms with van der Waals surface area (Å²) in [6.07, 6.45) is 13.4. The average molecular weight is 393 g/mol. The molecular weight excluding hydrogens is 356 g/mol. The monoisotopic (exact) mass is 392 g/mol. The lowest BCUT2D eigenvalue weighted by atomic mass is 9.61. The summed E-state index contributed by atoms with van der Waals surface area (Å²) in [6, 6.07) is 11.4. The number of rotatable bonds is 5. The van der Waals surface area contributed by atoms with Crippen LogP contribution in [0.15, 0.2) is 35.3 Å². The first kappa shape index (κ1) is 19.5. The molecule has 6 rings (SSSR count). The van der Waals surface area contributed by atoms with Gasteiger partial charge in [0.05, 0.1) is 5.41 Å². The highest BCUT2D eigenvalue weighted by atomic mass is 16.1. The molecule has 2 N–H and O–H groups in total. The van der Waals surface area contributed by atoms with Crippen LogP contribution in [-0.2, 0) is 10.2 Å². The number of hydrogen-bond acceptors (Lipinski definition) is 2. The lowest BCUT2D eigenvalue weighted by Crippen LogP contribution is -2.37. The summed E-state index contributed by atoms with van der Waals surface area (Å²) in [7, 11) is 0. The van der Waals surface area contributed by atoms with E-state index in [0.29, 0.717) is 23.8 Å². The number of aliphatic imine (C=N–C) groups is 1. The molecule has 0 heterocycles. The number of nitrogens with two attached hydrogens (primary N) is 1. The molecule has 3 heteroatoms. The molecule has 5 aliphatic carbocycles. The molecule has 5 unspecified atom stereocenters. The third-order valence-electron chi connectivity index (χ3n) is 9.03. The Balaban J connectivity index is 1.41. The molecule has 5 saturated carbocycles. The summed E-state index contributed by atoms with van der Waals surface area (Å²) in [5.74, 6) is 2.62. The number of hydrogen-bond donors (Lipinski definition) is 1. The van der Waals surface area contributed by atoms with E-state index >= 15 is 0 Å². The van der Waals surface area contributed by atoms with E-state index in [-0.39, 0.29) is 16.7 Å². The SMILES string of the molecule is CCCC1C2CC3(c4ccccc4)CC1C(C(=O)/N=C/C1CCC(N)CC1)(C2)C3. The largest absolute Gasteiger partial charge is 0.328 e. The highest BCUT2D eigenvalue weighted by Gasteiger charge is 2.70. The maximum Gasteiger partial charge on any atom is 0.251 e. The zero-order valence-electron chi connectivity index (χ0n) is 17.9. The van der Waals surface area contributed by atoms with E-state index in [4.69, 9.17) is 5.73 Å². The molecule has 156 valence electrons. The van der Waals surface area contributed by atoms with Gasteiger partial charge in [-0.2, -0.15) is 0 Å². The third kappa shape index (κ3) is 3.12. The van der Waals surface area contributed by atoms with Gasteiger partial charge in [0.25, 0.3) is 5.91 Å². The molecule has 5 atom stereocenters. The smallest absolute Gasteiger partial charge is 0.251 e. The van der Waals surface area contributed by atoms with Gasteiger partial charge in [0.1, 0.15) is 0 Å². The molecule has 0 aromatic heterocycles. The van der Waals surface area contributed by atoms with Gasteiger partial charge in [-0.05, 0) is 86.0 Å². The Bertz CT molecular complexity index is 781. The van der Waals surface area contributed by atoms with Crippen molar-refractivity contribution >= 4 is 12.1 Å². The van der Waals surface area contributed by atoms with Crippen molar-refractivity contribution < 1.29 is 4.79 Å². The Kier molecular flexibility index (Phi) is 4.93. The molecule has 1 aromatic rings. The number of amides is 1. The van der Waals surface area contributed by atoms with Gasteiger partial charge < -0.3 is 5.73 Å². The summed E-state index contributed by atoms with van der Waals surface area (Å²) in [5.41, 5.74) is 7.52. The fourth-order valence-electron chi connectivity index (χ4n) is 7.85. The van der Waals surface area contributed by atoms with Crippen LogP contribution in [0, 0.1) is 29.1 Å². The minimum absolute atomic E-state index is 0.194. The number of carbonyl (C=O) groups is 1. The molecule has 0 aliphatic heterocycles. The topological polar surface area (TPSA) is 55.5 Å². The van der Waals surface area contributed by atoms with Crippen molar-refractivity contribution in [2.45, 2.75) is 82.6 Å². The zero-order valence-corrected chi connectivity index (χ0v) is 17.9. The van der Waals surface area contributed by atoms with Crippen LogP contribution in [-0.4, -0.2) is 18.2 Å². The number of nitrogens with zero attached hydrogens (tertiary/aromatic N) is 1. The van der Waals surface area contributed by atoms with Gasteiger partial charge in [-0.25, -0.2) is 4.99 Å². The molecule has 5 aliphatic rings. The fraction of sp³-hybridized carbons (Fsp3) is 0.692. The van der Waals surface area contributed by atoms with E-state index in [1.165, 1.54) is 31.2 Å². The second-order valence-corrected chi connectivity index (χ2v) is 10.7. The average Bonchev–Trinajstić information content (AvgIpc) is 3.11. The van der Waals surface area contributed by atoms with Gasteiger partial charge in [0.2, 0.25) is 0 Å². The Labute approximate surface area is 175 Å². The highest BCUT2D eigenvalue weighted by Crippen LogP contribution is 2.73. The molecular formula is C26H36N2O. The maximum absolute atomic E-state index is 13.6. The molecule has 0 radical (unpaired) electrons. The van der Waals surface area contributed by atoms with E-state index < -0.39 is 0 Å². The van der Waals surface area contributed by atoms with Crippen LogP contribution in [0.4, 0.5) is 0 Å². The maximum atomic E-state index is 13.6. The molecule has 5 fully saturated rings. The van der Waals surface area contributed by atoms with E-state index in [1.54, 1.807) is 0 Å². The number of carbonyl (C=O) groups excluding carboxylic acids is 1. The van der Waals surface area contributed by atoms with E-state index in [1.807, 2.05) is 6.21 Å². The summed E-state index contributed by atoms with van der Waals surface area (Å²) < 4.78 is 0. The second kappa shape index (κ2) is 7.34. The van der Waals surface area contributed by atoms with Crippen LogP contribution >= 0.6 is 0 Å². The number of benzene rings is 1. The summed E-state index contributed by atoms with van der Waals surface area (Å²) in [5, 5.41) is 0. The summed E-state index contributed by atoms with van der Waals surface area (Å²) >= 11 is 0. The standard InChI is InChI=1S/C26H36N2O/c1-2-6-22-19-13-25(20-7-4-3-5-8-20)15-23(22)26(14-19,17-25)24(29)28-16-18-9-11-21(27)12-10-18/h3-5,7-8,16,18-19,21-23H,2,6,9-15,17,27H2,1H3/b28-16+. The van der Waals surface area contributed by atoms with Crippen molar-refractivity contribution in [3.8, 4) is 0 Å². The molecule has 3 nitrogen and oxygen atoms in total. The molecule has 1 aromatic carbocycles. The van der Waals surface area contributed by atoms with Crippen LogP contribution < -0.4 is 5.73 Å². The Hall–Kier alpha value is -1.48. The predicted molar refractivity (Wildman–Crippen MR) is 118 cm³/mol. The lowest BCUT2D eigenvalue weighted by Gasteiger charge is -2.43. The Morgan fingerprint density at radius 1 is 1.14 bits per heavy atom. The van der Waals surface area contributed by atoms with E-state index in [0.717, 1.165) is 44.4 Å². The highest BCUT2D eigenvalue weighted by molar-refractivity contribution is 5.91.